The first-order valence-electron chi connectivity index (χ1n) is 7.65. The largest absolute Gasteiger partial charge is 0.504 e. The molecule has 1 aliphatic carbocycles. The molecular formula is C17H23NO3. The van der Waals surface area contributed by atoms with Crippen molar-refractivity contribution in [1.82, 2.24) is 5.32 Å². The highest BCUT2D eigenvalue weighted by atomic mass is 16.5. The van der Waals surface area contributed by atoms with Crippen LogP contribution in [0.3, 0.4) is 0 Å². The first-order chi connectivity index (χ1) is 10.2. The molecule has 0 spiro atoms. The summed E-state index contributed by atoms with van der Waals surface area (Å²) in [5.74, 6) is 0.704. The quantitative estimate of drug-likeness (QED) is 0.746. The molecule has 3 rings (SSSR count). The number of ether oxygens (including phenoxy) is 1. The number of aliphatic hydroxyl groups excluding tert-OH is 1. The molecule has 0 bridgehead atoms. The van der Waals surface area contributed by atoms with Crippen LogP contribution in [0.15, 0.2) is 29.3 Å². The zero-order valence-electron chi connectivity index (χ0n) is 12.4. The molecule has 1 heterocycles. The number of hydrogen-bond donors (Lipinski definition) is 3. The number of aromatic hydroxyl groups is 1. The number of phenols is 1. The van der Waals surface area contributed by atoms with Crippen molar-refractivity contribution in [1.29, 1.82) is 0 Å². The molecule has 2 atom stereocenters. The summed E-state index contributed by atoms with van der Waals surface area (Å²) in [5, 5.41) is 23.3. The summed E-state index contributed by atoms with van der Waals surface area (Å²) in [4.78, 5) is 0. The van der Waals surface area contributed by atoms with Crippen LogP contribution in [0.5, 0.6) is 11.5 Å². The number of nitrogens with one attached hydrogen (secondary N) is 1. The summed E-state index contributed by atoms with van der Waals surface area (Å²) in [7, 11) is 1.56. The lowest BCUT2D eigenvalue weighted by atomic mass is 9.80. The average Bonchev–Trinajstić information content (AvgIpc) is 2.47. The third-order valence-corrected chi connectivity index (χ3v) is 4.60. The number of aliphatic hydroxyl groups is 1. The predicted molar refractivity (Wildman–Crippen MR) is 81.7 cm³/mol. The second-order valence-corrected chi connectivity index (χ2v) is 5.99. The van der Waals surface area contributed by atoms with Gasteiger partial charge in [-0.05, 0) is 56.3 Å². The minimum Gasteiger partial charge on any atom is -0.504 e. The zero-order chi connectivity index (χ0) is 14.8. The highest BCUT2D eigenvalue weighted by Crippen LogP contribution is 2.34. The highest BCUT2D eigenvalue weighted by molar-refractivity contribution is 5.42. The van der Waals surface area contributed by atoms with E-state index < -0.39 is 0 Å². The van der Waals surface area contributed by atoms with Crippen LogP contribution in [0.1, 0.15) is 31.2 Å². The molecule has 0 amide bonds. The minimum atomic E-state index is -0.160. The average molecular weight is 289 g/mol. The van der Waals surface area contributed by atoms with Gasteiger partial charge in [0.2, 0.25) is 0 Å². The smallest absolute Gasteiger partial charge is 0.160 e. The van der Waals surface area contributed by atoms with Gasteiger partial charge < -0.3 is 20.3 Å². The van der Waals surface area contributed by atoms with E-state index in [0.717, 1.165) is 44.2 Å². The Balaban J connectivity index is 1.78. The summed E-state index contributed by atoms with van der Waals surface area (Å²) in [6.07, 6.45) is 4.44. The van der Waals surface area contributed by atoms with Crippen LogP contribution in [0, 0.1) is 0 Å². The van der Waals surface area contributed by atoms with Gasteiger partial charge in [0.05, 0.1) is 13.2 Å². The minimum absolute atomic E-state index is 0.160. The SMILES string of the molecule is COc1ccc(CC2NCCC3=C2CCC(O)C3)cc1O. The number of phenolic OH excluding ortho intramolecular Hbond substituents is 1. The standard InChI is InChI=1S/C17H23NO3/c1-21-17-5-2-11(9-16(17)20)8-15-14-4-3-13(19)10-12(14)6-7-18-15/h2,5,9,13,15,18-20H,3-4,6-8,10H2,1H3. The maximum Gasteiger partial charge on any atom is 0.160 e. The highest BCUT2D eigenvalue weighted by Gasteiger charge is 2.27. The topological polar surface area (TPSA) is 61.7 Å². The Kier molecular flexibility index (Phi) is 4.17. The molecular weight excluding hydrogens is 266 g/mol. The molecule has 4 nitrogen and oxygen atoms in total. The van der Waals surface area contributed by atoms with Crippen LogP contribution in [0.25, 0.3) is 0 Å². The van der Waals surface area contributed by atoms with Crippen LogP contribution in [-0.2, 0) is 6.42 Å². The molecule has 114 valence electrons. The van der Waals surface area contributed by atoms with Gasteiger partial charge >= 0.3 is 0 Å². The molecule has 1 aliphatic heterocycles. The number of benzene rings is 1. The van der Waals surface area contributed by atoms with Gasteiger partial charge in [-0.1, -0.05) is 17.2 Å². The second kappa shape index (κ2) is 6.08. The van der Waals surface area contributed by atoms with Gasteiger partial charge in [0.1, 0.15) is 0 Å². The molecule has 0 saturated heterocycles. The van der Waals surface area contributed by atoms with Crippen molar-refractivity contribution in [2.45, 2.75) is 44.2 Å². The normalized spacial score (nSPS) is 25.6. The van der Waals surface area contributed by atoms with Crippen molar-refractivity contribution >= 4 is 0 Å². The fourth-order valence-electron chi connectivity index (χ4n) is 3.51. The van der Waals surface area contributed by atoms with E-state index in [-0.39, 0.29) is 11.9 Å². The maximum atomic E-state index is 9.90. The Morgan fingerprint density at radius 1 is 1.33 bits per heavy atom. The Hall–Kier alpha value is -1.52. The third-order valence-electron chi connectivity index (χ3n) is 4.60. The van der Waals surface area contributed by atoms with Gasteiger partial charge in [0, 0.05) is 6.04 Å². The van der Waals surface area contributed by atoms with Crippen molar-refractivity contribution < 1.29 is 14.9 Å². The molecule has 1 aromatic rings. The molecule has 3 N–H and O–H groups in total. The van der Waals surface area contributed by atoms with Gasteiger partial charge in [-0.15, -0.1) is 0 Å². The van der Waals surface area contributed by atoms with Crippen LogP contribution < -0.4 is 10.1 Å². The number of methoxy groups -OCH3 is 1. The lowest BCUT2D eigenvalue weighted by Crippen LogP contribution is -2.40. The summed E-state index contributed by atoms with van der Waals surface area (Å²) in [5.41, 5.74) is 4.02. The Morgan fingerprint density at radius 2 is 2.19 bits per heavy atom. The summed E-state index contributed by atoms with van der Waals surface area (Å²) >= 11 is 0. The van der Waals surface area contributed by atoms with Crippen LogP contribution in [0.4, 0.5) is 0 Å². The molecule has 1 aromatic carbocycles. The van der Waals surface area contributed by atoms with Crippen LogP contribution in [-0.4, -0.2) is 36.0 Å². The first kappa shape index (κ1) is 14.4. The van der Waals surface area contributed by atoms with Crippen molar-refractivity contribution in [2.75, 3.05) is 13.7 Å². The van der Waals surface area contributed by atoms with Crippen molar-refractivity contribution in [3.63, 3.8) is 0 Å². The van der Waals surface area contributed by atoms with Crippen LogP contribution in [0.2, 0.25) is 0 Å². The predicted octanol–water partition coefficient (Wildman–Crippen LogP) is 2.15. The lowest BCUT2D eigenvalue weighted by molar-refractivity contribution is 0.153. The molecule has 0 saturated carbocycles. The van der Waals surface area contributed by atoms with Crippen LogP contribution >= 0.6 is 0 Å². The van der Waals surface area contributed by atoms with Crippen molar-refractivity contribution in [3.05, 3.63) is 34.9 Å². The van der Waals surface area contributed by atoms with Gasteiger partial charge in [-0.3, -0.25) is 0 Å². The van der Waals surface area contributed by atoms with E-state index >= 15 is 0 Å². The number of hydrogen-bond acceptors (Lipinski definition) is 4. The molecule has 21 heavy (non-hydrogen) atoms. The molecule has 0 radical (unpaired) electrons. The Labute approximate surface area is 125 Å². The van der Waals surface area contributed by atoms with Gasteiger partial charge in [-0.2, -0.15) is 0 Å². The monoisotopic (exact) mass is 289 g/mol. The second-order valence-electron chi connectivity index (χ2n) is 5.99. The molecule has 4 heteroatoms. The molecule has 0 aromatic heterocycles. The first-order valence-corrected chi connectivity index (χ1v) is 7.65. The van der Waals surface area contributed by atoms with E-state index in [4.69, 9.17) is 4.74 Å². The molecule has 0 fully saturated rings. The van der Waals surface area contributed by atoms with Crippen molar-refractivity contribution in [2.24, 2.45) is 0 Å². The van der Waals surface area contributed by atoms with Gasteiger partial charge in [0.15, 0.2) is 11.5 Å². The Bertz CT molecular complexity index is 553. The Morgan fingerprint density at radius 3 is 2.95 bits per heavy atom. The summed E-state index contributed by atoms with van der Waals surface area (Å²) < 4.78 is 5.08. The summed E-state index contributed by atoms with van der Waals surface area (Å²) in [6, 6.07) is 5.93. The van der Waals surface area contributed by atoms with E-state index in [1.807, 2.05) is 12.1 Å². The van der Waals surface area contributed by atoms with E-state index in [1.54, 1.807) is 13.2 Å². The zero-order valence-corrected chi connectivity index (χ0v) is 12.4. The fraction of sp³-hybridized carbons (Fsp3) is 0.529. The molecule has 2 unspecified atom stereocenters. The van der Waals surface area contributed by atoms with Gasteiger partial charge in [0.25, 0.3) is 0 Å². The fourth-order valence-corrected chi connectivity index (χ4v) is 3.51. The van der Waals surface area contributed by atoms with Gasteiger partial charge in [-0.25, -0.2) is 0 Å². The lowest BCUT2D eigenvalue weighted by Gasteiger charge is -2.34. The third kappa shape index (κ3) is 3.06. The van der Waals surface area contributed by atoms with E-state index in [2.05, 4.69) is 5.32 Å². The van der Waals surface area contributed by atoms with Crippen molar-refractivity contribution in [3.8, 4) is 11.5 Å². The maximum absolute atomic E-state index is 9.90. The number of rotatable bonds is 3. The van der Waals surface area contributed by atoms with E-state index in [1.165, 1.54) is 11.1 Å². The molecule has 2 aliphatic rings. The summed E-state index contributed by atoms with van der Waals surface area (Å²) in [6.45, 7) is 0.971. The van der Waals surface area contributed by atoms with E-state index in [0.29, 0.717) is 11.8 Å². The van der Waals surface area contributed by atoms with E-state index in [9.17, 15) is 10.2 Å².